The molecule has 0 amide bonds. The highest BCUT2D eigenvalue weighted by Gasteiger charge is 2.23. The lowest BCUT2D eigenvalue weighted by Gasteiger charge is -2.30. The van der Waals surface area contributed by atoms with Gasteiger partial charge in [0, 0.05) is 26.1 Å². The van der Waals surface area contributed by atoms with Crippen molar-refractivity contribution in [1.29, 1.82) is 0 Å². The van der Waals surface area contributed by atoms with Gasteiger partial charge in [-0.15, -0.1) is 0 Å². The van der Waals surface area contributed by atoms with Gasteiger partial charge >= 0.3 is 0 Å². The standard InChI is InChI=1S/C13H25NO3/c1-11(15)8-12-6-4-3-5-7-14(12)9-13(16)10-17-2/h12-13,16H,3-10H2,1-2H3. The first-order chi connectivity index (χ1) is 8.13. The average molecular weight is 243 g/mol. The number of carbonyl (C=O) groups is 1. The minimum absolute atomic E-state index is 0.239. The van der Waals surface area contributed by atoms with Crippen LogP contribution in [0.1, 0.15) is 39.0 Å². The second-order valence-corrected chi connectivity index (χ2v) is 5.01. The van der Waals surface area contributed by atoms with Gasteiger partial charge in [-0.1, -0.05) is 12.8 Å². The molecular formula is C13H25NO3. The number of nitrogens with zero attached hydrogens (tertiary/aromatic N) is 1. The SMILES string of the molecule is COCC(O)CN1CCCCCC1CC(C)=O. The predicted molar refractivity (Wildman–Crippen MR) is 67.0 cm³/mol. The van der Waals surface area contributed by atoms with E-state index in [1.807, 2.05) is 0 Å². The molecule has 1 fully saturated rings. The Kier molecular flexibility index (Phi) is 6.70. The molecule has 17 heavy (non-hydrogen) atoms. The Morgan fingerprint density at radius 3 is 2.88 bits per heavy atom. The van der Waals surface area contributed by atoms with E-state index in [4.69, 9.17) is 4.74 Å². The zero-order valence-corrected chi connectivity index (χ0v) is 11.0. The Labute approximate surface area is 104 Å². The molecule has 1 aliphatic rings. The number of rotatable bonds is 6. The molecule has 0 aromatic heterocycles. The van der Waals surface area contributed by atoms with E-state index < -0.39 is 6.10 Å². The summed E-state index contributed by atoms with van der Waals surface area (Å²) in [6.45, 7) is 3.61. The van der Waals surface area contributed by atoms with Gasteiger partial charge in [0.15, 0.2) is 0 Å². The smallest absolute Gasteiger partial charge is 0.131 e. The lowest BCUT2D eigenvalue weighted by molar-refractivity contribution is -0.118. The quantitative estimate of drug-likeness (QED) is 0.762. The number of hydrogen-bond acceptors (Lipinski definition) is 4. The van der Waals surface area contributed by atoms with Crippen molar-refractivity contribution in [2.24, 2.45) is 0 Å². The third-order valence-electron chi connectivity index (χ3n) is 3.33. The minimum Gasteiger partial charge on any atom is -0.389 e. The van der Waals surface area contributed by atoms with Gasteiger partial charge in [0.05, 0.1) is 12.7 Å². The number of ketones is 1. The van der Waals surface area contributed by atoms with Crippen LogP contribution in [0.2, 0.25) is 0 Å². The highest BCUT2D eigenvalue weighted by atomic mass is 16.5. The van der Waals surface area contributed by atoms with Crippen molar-refractivity contribution in [3.63, 3.8) is 0 Å². The lowest BCUT2D eigenvalue weighted by Crippen LogP contribution is -2.42. The fourth-order valence-corrected chi connectivity index (χ4v) is 2.56. The Balaban J connectivity index is 2.51. The Bertz CT molecular complexity index is 233. The summed E-state index contributed by atoms with van der Waals surface area (Å²) in [5.41, 5.74) is 0. The van der Waals surface area contributed by atoms with Crippen LogP contribution in [0, 0.1) is 0 Å². The van der Waals surface area contributed by atoms with Crippen LogP contribution in [0.15, 0.2) is 0 Å². The van der Waals surface area contributed by atoms with Crippen LogP contribution in [0.4, 0.5) is 0 Å². The fourth-order valence-electron chi connectivity index (χ4n) is 2.56. The summed E-state index contributed by atoms with van der Waals surface area (Å²) in [4.78, 5) is 13.5. The zero-order chi connectivity index (χ0) is 12.7. The maximum atomic E-state index is 11.3. The van der Waals surface area contributed by atoms with Gasteiger partial charge in [0.25, 0.3) is 0 Å². The Morgan fingerprint density at radius 2 is 2.24 bits per heavy atom. The summed E-state index contributed by atoms with van der Waals surface area (Å²) in [6.07, 6.45) is 4.81. The highest BCUT2D eigenvalue weighted by Crippen LogP contribution is 2.19. The molecule has 4 nitrogen and oxygen atoms in total. The molecule has 100 valence electrons. The highest BCUT2D eigenvalue weighted by molar-refractivity contribution is 5.76. The third-order valence-corrected chi connectivity index (χ3v) is 3.33. The normalized spacial score (nSPS) is 24.3. The van der Waals surface area contributed by atoms with Crippen LogP contribution in [0.25, 0.3) is 0 Å². The van der Waals surface area contributed by atoms with Gasteiger partial charge in [-0.3, -0.25) is 9.69 Å². The molecule has 0 spiro atoms. The molecule has 0 aromatic carbocycles. The largest absolute Gasteiger partial charge is 0.389 e. The second-order valence-electron chi connectivity index (χ2n) is 5.01. The van der Waals surface area contributed by atoms with Gasteiger partial charge in [-0.25, -0.2) is 0 Å². The molecule has 4 heteroatoms. The number of β-amino-alcohol motifs (C(OH)–C–C–N with tert-alkyl or cyclic N) is 1. The number of aliphatic hydroxyl groups excluding tert-OH is 1. The molecule has 0 radical (unpaired) electrons. The summed E-state index contributed by atoms with van der Waals surface area (Å²) in [7, 11) is 1.60. The number of methoxy groups -OCH3 is 1. The number of carbonyl (C=O) groups excluding carboxylic acids is 1. The van der Waals surface area contributed by atoms with Gasteiger partial charge in [-0.05, 0) is 26.3 Å². The fraction of sp³-hybridized carbons (Fsp3) is 0.923. The molecule has 0 aromatic rings. The van der Waals surface area contributed by atoms with Crippen molar-refractivity contribution in [2.75, 3.05) is 26.8 Å². The van der Waals surface area contributed by atoms with E-state index >= 15 is 0 Å². The summed E-state index contributed by atoms with van der Waals surface area (Å²) >= 11 is 0. The van der Waals surface area contributed by atoms with Crippen LogP contribution < -0.4 is 0 Å². The van der Waals surface area contributed by atoms with E-state index in [1.54, 1.807) is 14.0 Å². The number of hydrogen-bond donors (Lipinski definition) is 1. The summed E-state index contributed by atoms with van der Waals surface area (Å²) in [5.74, 6) is 0.239. The number of ether oxygens (including phenoxy) is 1. The first-order valence-electron chi connectivity index (χ1n) is 6.54. The molecule has 1 N–H and O–H groups in total. The summed E-state index contributed by atoms with van der Waals surface area (Å²) in [6, 6.07) is 0.307. The van der Waals surface area contributed by atoms with Crippen LogP contribution in [-0.4, -0.2) is 54.7 Å². The van der Waals surface area contributed by atoms with Gasteiger partial charge < -0.3 is 9.84 Å². The van der Waals surface area contributed by atoms with Gasteiger partial charge in [0.2, 0.25) is 0 Å². The molecular weight excluding hydrogens is 218 g/mol. The molecule has 0 saturated carbocycles. The number of Topliss-reactive ketones (excluding diaryl/α,β-unsaturated/α-hetero) is 1. The number of aliphatic hydroxyl groups is 1. The second kappa shape index (κ2) is 7.80. The van der Waals surface area contributed by atoms with E-state index in [0.717, 1.165) is 19.4 Å². The molecule has 0 aliphatic carbocycles. The van der Waals surface area contributed by atoms with E-state index in [-0.39, 0.29) is 5.78 Å². The van der Waals surface area contributed by atoms with Crippen LogP contribution in [0.5, 0.6) is 0 Å². The van der Waals surface area contributed by atoms with Crippen LogP contribution in [0.3, 0.4) is 0 Å². The van der Waals surface area contributed by atoms with Crippen molar-refractivity contribution in [3.05, 3.63) is 0 Å². The maximum Gasteiger partial charge on any atom is 0.131 e. The monoisotopic (exact) mass is 243 g/mol. The summed E-state index contributed by atoms with van der Waals surface area (Å²) < 4.78 is 4.95. The van der Waals surface area contributed by atoms with Crippen LogP contribution >= 0.6 is 0 Å². The first-order valence-corrected chi connectivity index (χ1v) is 6.54. The van der Waals surface area contributed by atoms with Crippen molar-refractivity contribution < 1.29 is 14.6 Å². The molecule has 0 bridgehead atoms. The summed E-state index contributed by atoms with van der Waals surface area (Å²) in [5, 5.41) is 9.79. The molecule has 1 aliphatic heterocycles. The van der Waals surface area contributed by atoms with Gasteiger partial charge in [0.1, 0.15) is 5.78 Å². The van der Waals surface area contributed by atoms with E-state index in [1.165, 1.54) is 12.8 Å². The van der Waals surface area contributed by atoms with E-state index in [2.05, 4.69) is 4.90 Å². The van der Waals surface area contributed by atoms with Crippen molar-refractivity contribution >= 4 is 5.78 Å². The van der Waals surface area contributed by atoms with E-state index in [0.29, 0.717) is 25.6 Å². The first kappa shape index (κ1) is 14.6. The topological polar surface area (TPSA) is 49.8 Å². The van der Waals surface area contributed by atoms with Crippen LogP contribution in [-0.2, 0) is 9.53 Å². The minimum atomic E-state index is -0.451. The van der Waals surface area contributed by atoms with Crippen molar-refractivity contribution in [1.82, 2.24) is 4.90 Å². The maximum absolute atomic E-state index is 11.3. The molecule has 2 atom stereocenters. The third kappa shape index (κ3) is 5.61. The molecule has 1 saturated heterocycles. The predicted octanol–water partition coefficient (Wildman–Crippen LogP) is 1.22. The zero-order valence-electron chi connectivity index (χ0n) is 11.0. The van der Waals surface area contributed by atoms with Crippen molar-refractivity contribution in [2.45, 2.75) is 51.2 Å². The Hall–Kier alpha value is -0.450. The van der Waals surface area contributed by atoms with E-state index in [9.17, 15) is 9.90 Å². The molecule has 2 unspecified atom stereocenters. The molecule has 1 rings (SSSR count). The Morgan fingerprint density at radius 1 is 1.47 bits per heavy atom. The van der Waals surface area contributed by atoms with Gasteiger partial charge in [-0.2, -0.15) is 0 Å². The van der Waals surface area contributed by atoms with Crippen molar-refractivity contribution in [3.8, 4) is 0 Å². The lowest BCUT2D eigenvalue weighted by atomic mass is 10.0. The average Bonchev–Trinajstić information content (AvgIpc) is 2.44. The molecule has 1 heterocycles. The number of likely N-dealkylation sites (tertiary alicyclic amines) is 1.